The van der Waals surface area contributed by atoms with E-state index in [0.717, 1.165) is 5.56 Å². The topological polar surface area (TPSA) is 154 Å². The number of benzene rings is 2. The maximum absolute atomic E-state index is 12.3. The summed E-state index contributed by atoms with van der Waals surface area (Å²) in [7, 11) is 0. The predicted octanol–water partition coefficient (Wildman–Crippen LogP) is 3.09. The third-order valence-corrected chi connectivity index (χ3v) is 4.66. The van der Waals surface area contributed by atoms with E-state index in [-0.39, 0.29) is 46.5 Å². The Labute approximate surface area is 190 Å². The molecule has 2 aromatic carbocycles. The molecule has 1 aromatic heterocycles. The summed E-state index contributed by atoms with van der Waals surface area (Å²) in [5.41, 5.74) is 6.96. The average molecular weight is 443 g/mol. The van der Waals surface area contributed by atoms with Gasteiger partial charge >= 0.3 is 0 Å². The van der Waals surface area contributed by atoms with Crippen molar-refractivity contribution < 1.29 is 14.3 Å². The van der Waals surface area contributed by atoms with Crippen molar-refractivity contribution in [1.29, 1.82) is 10.5 Å². The second-order valence-corrected chi connectivity index (χ2v) is 7.02. The Morgan fingerprint density at radius 2 is 1.85 bits per heavy atom. The Hall–Kier alpha value is -4.76. The molecule has 4 N–H and O–H groups in total. The second kappa shape index (κ2) is 10.0. The van der Waals surface area contributed by atoms with Crippen molar-refractivity contribution in [3.05, 3.63) is 69.5 Å². The van der Waals surface area contributed by atoms with Crippen LogP contribution >= 0.6 is 0 Å². The van der Waals surface area contributed by atoms with Gasteiger partial charge in [-0.2, -0.15) is 10.5 Å². The minimum atomic E-state index is -0.699. The van der Waals surface area contributed by atoms with Crippen LogP contribution in [0.4, 0.5) is 11.5 Å². The van der Waals surface area contributed by atoms with Gasteiger partial charge in [0.05, 0.1) is 6.61 Å². The lowest BCUT2D eigenvalue weighted by molar-refractivity contribution is -0.118. The average Bonchev–Trinajstić information content (AvgIpc) is 2.78. The molecule has 9 nitrogen and oxygen atoms in total. The van der Waals surface area contributed by atoms with Crippen molar-refractivity contribution in [3.8, 4) is 34.8 Å². The number of aryl methyl sites for hydroxylation is 1. The van der Waals surface area contributed by atoms with Crippen LogP contribution in [0.25, 0.3) is 11.1 Å². The SMILES string of the molecule is CCOc1cc(-c2c(C#N)c(N)[nH]c(=O)c2C#N)ccc1OCC(=O)Nc1cccc(C)c1. The summed E-state index contributed by atoms with van der Waals surface area (Å²) in [5.74, 6) is 0.0791. The van der Waals surface area contributed by atoms with Gasteiger partial charge in [-0.1, -0.05) is 18.2 Å². The standard InChI is InChI=1S/C24H21N5O4/c1-3-32-20-10-15(22-17(11-25)23(27)29-24(31)18(22)12-26)7-8-19(20)33-13-21(30)28-16-6-4-5-14(2)9-16/h4-10H,3,13H2,1-2H3,(H,28,30)(H3,27,29,31). The number of carbonyl (C=O) groups excluding carboxylic acids is 1. The van der Waals surface area contributed by atoms with E-state index in [0.29, 0.717) is 17.9 Å². The molecule has 0 saturated carbocycles. The summed E-state index contributed by atoms with van der Waals surface area (Å²) >= 11 is 0. The van der Waals surface area contributed by atoms with Crippen LogP contribution in [0.5, 0.6) is 11.5 Å². The number of nitriles is 2. The number of pyridine rings is 1. The maximum atomic E-state index is 12.3. The van der Waals surface area contributed by atoms with Crippen molar-refractivity contribution >= 4 is 17.4 Å². The van der Waals surface area contributed by atoms with Gasteiger partial charge in [-0.25, -0.2) is 0 Å². The van der Waals surface area contributed by atoms with E-state index in [9.17, 15) is 20.1 Å². The van der Waals surface area contributed by atoms with Crippen molar-refractivity contribution in [2.24, 2.45) is 0 Å². The number of aromatic amines is 1. The molecule has 0 unspecified atom stereocenters. The van der Waals surface area contributed by atoms with E-state index in [1.165, 1.54) is 6.07 Å². The van der Waals surface area contributed by atoms with Gasteiger partial charge in [0.1, 0.15) is 29.1 Å². The fourth-order valence-corrected chi connectivity index (χ4v) is 3.25. The molecule has 166 valence electrons. The normalized spacial score (nSPS) is 10.1. The van der Waals surface area contributed by atoms with E-state index in [1.54, 1.807) is 25.1 Å². The predicted molar refractivity (Wildman–Crippen MR) is 123 cm³/mol. The fourth-order valence-electron chi connectivity index (χ4n) is 3.25. The van der Waals surface area contributed by atoms with Crippen molar-refractivity contribution in [2.75, 3.05) is 24.3 Å². The summed E-state index contributed by atoms with van der Waals surface area (Å²) in [5, 5.41) is 21.7. The first-order valence-electron chi connectivity index (χ1n) is 10.00. The number of nitrogens with two attached hydrogens (primary N) is 1. The monoisotopic (exact) mass is 443 g/mol. The van der Waals surface area contributed by atoms with E-state index >= 15 is 0 Å². The molecule has 0 aliphatic carbocycles. The molecule has 33 heavy (non-hydrogen) atoms. The summed E-state index contributed by atoms with van der Waals surface area (Å²) in [6.07, 6.45) is 0. The van der Waals surface area contributed by atoms with Gasteiger partial charge in [0.15, 0.2) is 18.1 Å². The lowest BCUT2D eigenvalue weighted by Crippen LogP contribution is -2.20. The molecule has 0 aliphatic rings. The molecular formula is C24H21N5O4. The summed E-state index contributed by atoms with van der Waals surface area (Å²) < 4.78 is 11.3. The molecular weight excluding hydrogens is 422 g/mol. The number of H-pyrrole nitrogens is 1. The number of hydrogen-bond donors (Lipinski definition) is 3. The molecule has 0 saturated heterocycles. The number of nitrogens with zero attached hydrogens (tertiary/aromatic N) is 2. The number of carbonyl (C=O) groups is 1. The van der Waals surface area contributed by atoms with Gasteiger partial charge in [-0.3, -0.25) is 9.59 Å². The molecule has 0 radical (unpaired) electrons. The van der Waals surface area contributed by atoms with E-state index in [1.807, 2.05) is 37.3 Å². The van der Waals surface area contributed by atoms with Crippen LogP contribution in [-0.2, 0) is 4.79 Å². The van der Waals surface area contributed by atoms with Crippen molar-refractivity contribution in [2.45, 2.75) is 13.8 Å². The smallest absolute Gasteiger partial charge is 0.268 e. The van der Waals surface area contributed by atoms with Crippen LogP contribution < -0.4 is 26.1 Å². The molecule has 0 aliphatic heterocycles. The zero-order valence-corrected chi connectivity index (χ0v) is 18.1. The molecule has 9 heteroatoms. The minimum Gasteiger partial charge on any atom is -0.490 e. The molecule has 0 spiro atoms. The number of anilines is 2. The Kier molecular flexibility index (Phi) is 6.97. The number of nitrogens with one attached hydrogen (secondary N) is 2. The highest BCUT2D eigenvalue weighted by Gasteiger charge is 2.20. The first-order chi connectivity index (χ1) is 15.9. The van der Waals surface area contributed by atoms with Crippen LogP contribution in [0.15, 0.2) is 47.3 Å². The van der Waals surface area contributed by atoms with Crippen LogP contribution in [0, 0.1) is 29.6 Å². The first-order valence-corrected chi connectivity index (χ1v) is 10.00. The van der Waals surface area contributed by atoms with Crippen LogP contribution in [-0.4, -0.2) is 24.1 Å². The van der Waals surface area contributed by atoms with Gasteiger partial charge in [0.25, 0.3) is 11.5 Å². The molecule has 3 rings (SSSR count). The van der Waals surface area contributed by atoms with Gasteiger partial charge in [0, 0.05) is 11.3 Å². The van der Waals surface area contributed by atoms with E-state index in [4.69, 9.17) is 15.2 Å². The second-order valence-electron chi connectivity index (χ2n) is 7.02. The van der Waals surface area contributed by atoms with Crippen LogP contribution in [0.3, 0.4) is 0 Å². The summed E-state index contributed by atoms with van der Waals surface area (Å²) in [6, 6.07) is 15.8. The Morgan fingerprint density at radius 1 is 1.09 bits per heavy atom. The number of amides is 1. The third-order valence-electron chi connectivity index (χ3n) is 4.66. The Balaban J connectivity index is 1.91. The maximum Gasteiger partial charge on any atom is 0.268 e. The molecule has 1 amide bonds. The Bertz CT molecular complexity index is 1350. The fraction of sp³-hybridized carbons (Fsp3) is 0.167. The van der Waals surface area contributed by atoms with Gasteiger partial charge in [-0.15, -0.1) is 0 Å². The van der Waals surface area contributed by atoms with Gasteiger partial charge < -0.3 is 25.5 Å². The highest BCUT2D eigenvalue weighted by atomic mass is 16.5. The number of nitrogen functional groups attached to an aromatic ring is 1. The zero-order chi connectivity index (χ0) is 24.0. The third kappa shape index (κ3) is 5.12. The molecule has 0 fully saturated rings. The Morgan fingerprint density at radius 3 is 2.52 bits per heavy atom. The molecule has 1 heterocycles. The number of ether oxygens (including phenoxy) is 2. The first kappa shape index (κ1) is 22.9. The largest absolute Gasteiger partial charge is 0.490 e. The van der Waals surface area contributed by atoms with Gasteiger partial charge in [0.2, 0.25) is 0 Å². The number of hydrogen-bond acceptors (Lipinski definition) is 7. The molecule has 0 bridgehead atoms. The van der Waals surface area contributed by atoms with Gasteiger partial charge in [-0.05, 0) is 49.2 Å². The zero-order valence-electron chi connectivity index (χ0n) is 18.1. The molecule has 0 atom stereocenters. The molecule has 3 aromatic rings. The van der Waals surface area contributed by atoms with Crippen molar-refractivity contribution in [1.82, 2.24) is 4.98 Å². The minimum absolute atomic E-state index is 0.0280. The summed E-state index contributed by atoms with van der Waals surface area (Å²) in [6.45, 7) is 3.72. The van der Waals surface area contributed by atoms with Crippen molar-refractivity contribution in [3.63, 3.8) is 0 Å². The lowest BCUT2D eigenvalue weighted by atomic mass is 9.96. The lowest BCUT2D eigenvalue weighted by Gasteiger charge is -2.15. The highest BCUT2D eigenvalue weighted by Crippen LogP contribution is 2.35. The van der Waals surface area contributed by atoms with Crippen LogP contribution in [0.1, 0.15) is 23.6 Å². The quantitative estimate of drug-likeness (QED) is 0.507. The van der Waals surface area contributed by atoms with E-state index < -0.39 is 5.56 Å². The van der Waals surface area contributed by atoms with Crippen LogP contribution in [0.2, 0.25) is 0 Å². The number of rotatable bonds is 7. The highest BCUT2D eigenvalue weighted by molar-refractivity contribution is 5.92. The summed E-state index contributed by atoms with van der Waals surface area (Å²) in [4.78, 5) is 26.8. The number of aromatic nitrogens is 1. The van der Waals surface area contributed by atoms with E-state index in [2.05, 4.69) is 10.3 Å².